The Labute approximate surface area is 114 Å². The molecule has 0 atom stereocenters. The number of phenolic OH excluding ortho intramolecular Hbond substituents is 1. The second kappa shape index (κ2) is 5.09. The number of aromatic hydroxyl groups is 1. The number of nitrogens with zero attached hydrogens (tertiary/aromatic N) is 1. The Balaban J connectivity index is 2.43. The number of sulfonamides is 1. The molecule has 0 unspecified atom stereocenters. The standard InChI is InChI=1S/C13H11F2NO3S/c1-16(9-2-4-10(17)5-3-9)20(18,19)11-6-7-12(14)13(15)8-11/h2-8,17H,1H3. The molecule has 0 fully saturated rings. The van der Waals surface area contributed by atoms with E-state index in [1.54, 1.807) is 0 Å². The zero-order chi connectivity index (χ0) is 14.9. The van der Waals surface area contributed by atoms with Gasteiger partial charge in [0.1, 0.15) is 5.75 Å². The molecule has 4 nitrogen and oxygen atoms in total. The molecule has 0 bridgehead atoms. The minimum absolute atomic E-state index is 0.00706. The third-order valence-electron chi connectivity index (χ3n) is 2.76. The number of halogens is 2. The zero-order valence-electron chi connectivity index (χ0n) is 10.4. The molecule has 0 saturated heterocycles. The van der Waals surface area contributed by atoms with Crippen LogP contribution in [0.25, 0.3) is 0 Å². The van der Waals surface area contributed by atoms with Gasteiger partial charge in [0.25, 0.3) is 10.0 Å². The van der Waals surface area contributed by atoms with Crippen LogP contribution in [0.15, 0.2) is 47.4 Å². The van der Waals surface area contributed by atoms with Crippen molar-refractivity contribution in [2.24, 2.45) is 0 Å². The van der Waals surface area contributed by atoms with Crippen LogP contribution >= 0.6 is 0 Å². The molecule has 0 saturated carbocycles. The molecule has 0 heterocycles. The van der Waals surface area contributed by atoms with Gasteiger partial charge in [0.2, 0.25) is 0 Å². The summed E-state index contributed by atoms with van der Waals surface area (Å²) < 4.78 is 51.4. The number of phenols is 1. The molecular formula is C13H11F2NO3S. The van der Waals surface area contributed by atoms with Crippen LogP contribution in [0.3, 0.4) is 0 Å². The molecule has 1 N–H and O–H groups in total. The molecule has 7 heteroatoms. The lowest BCUT2D eigenvalue weighted by Gasteiger charge is -2.19. The molecule has 0 aliphatic heterocycles. The van der Waals surface area contributed by atoms with Crippen molar-refractivity contribution in [2.45, 2.75) is 4.90 Å². The Hall–Kier alpha value is -2.15. The predicted molar refractivity (Wildman–Crippen MR) is 70.1 cm³/mol. The largest absolute Gasteiger partial charge is 0.508 e. The van der Waals surface area contributed by atoms with Crippen LogP contribution in [0, 0.1) is 11.6 Å². The summed E-state index contributed by atoms with van der Waals surface area (Å²) >= 11 is 0. The quantitative estimate of drug-likeness (QED) is 0.947. The van der Waals surface area contributed by atoms with Crippen LogP contribution in [-0.4, -0.2) is 20.6 Å². The number of hydrogen-bond donors (Lipinski definition) is 1. The van der Waals surface area contributed by atoms with Gasteiger partial charge < -0.3 is 5.11 Å². The number of rotatable bonds is 3. The second-order valence-corrected chi connectivity index (χ2v) is 6.03. The average molecular weight is 299 g/mol. The van der Waals surface area contributed by atoms with Crippen LogP contribution in [0.1, 0.15) is 0 Å². The van der Waals surface area contributed by atoms with Gasteiger partial charge in [0, 0.05) is 7.05 Å². The molecular weight excluding hydrogens is 288 g/mol. The first-order valence-electron chi connectivity index (χ1n) is 5.55. The first kappa shape index (κ1) is 14.3. The summed E-state index contributed by atoms with van der Waals surface area (Å²) in [4.78, 5) is -0.355. The number of anilines is 1. The van der Waals surface area contributed by atoms with Crippen LogP contribution in [0.4, 0.5) is 14.5 Å². The molecule has 20 heavy (non-hydrogen) atoms. The van der Waals surface area contributed by atoms with E-state index in [1.165, 1.54) is 31.3 Å². The maximum absolute atomic E-state index is 13.1. The highest BCUT2D eigenvalue weighted by Crippen LogP contribution is 2.24. The van der Waals surface area contributed by atoms with Crippen LogP contribution in [0.2, 0.25) is 0 Å². The van der Waals surface area contributed by atoms with Crippen molar-refractivity contribution in [1.29, 1.82) is 0 Å². The fourth-order valence-electron chi connectivity index (χ4n) is 1.60. The fraction of sp³-hybridized carbons (Fsp3) is 0.0769. The summed E-state index contributed by atoms with van der Waals surface area (Å²) in [5, 5.41) is 9.17. The zero-order valence-corrected chi connectivity index (χ0v) is 11.2. The fourth-order valence-corrected chi connectivity index (χ4v) is 2.80. The topological polar surface area (TPSA) is 57.6 Å². The minimum Gasteiger partial charge on any atom is -0.508 e. The van der Waals surface area contributed by atoms with E-state index >= 15 is 0 Å². The van der Waals surface area contributed by atoms with Gasteiger partial charge in [0.05, 0.1) is 10.6 Å². The molecule has 0 aliphatic carbocycles. The van der Waals surface area contributed by atoms with E-state index in [1.807, 2.05) is 0 Å². The van der Waals surface area contributed by atoms with Crippen molar-refractivity contribution >= 4 is 15.7 Å². The summed E-state index contributed by atoms with van der Waals surface area (Å²) in [5.41, 5.74) is 0.285. The van der Waals surface area contributed by atoms with Crippen LogP contribution < -0.4 is 4.31 Å². The Bertz CT molecular complexity index is 730. The first-order chi connectivity index (χ1) is 9.32. The van der Waals surface area contributed by atoms with Gasteiger partial charge in [-0.2, -0.15) is 0 Å². The molecule has 2 aromatic rings. The van der Waals surface area contributed by atoms with Gasteiger partial charge in [-0.15, -0.1) is 0 Å². The van der Waals surface area contributed by atoms with E-state index in [-0.39, 0.29) is 16.3 Å². The Morgan fingerprint density at radius 1 is 1.00 bits per heavy atom. The lowest BCUT2D eigenvalue weighted by molar-refractivity contribution is 0.475. The van der Waals surface area contributed by atoms with Crippen molar-refractivity contribution in [3.63, 3.8) is 0 Å². The summed E-state index contributed by atoms with van der Waals surface area (Å²) in [7, 11) is -2.72. The van der Waals surface area contributed by atoms with Gasteiger partial charge in [0.15, 0.2) is 11.6 Å². The van der Waals surface area contributed by atoms with Crippen molar-refractivity contribution in [3.05, 3.63) is 54.1 Å². The Kier molecular flexibility index (Phi) is 3.63. The van der Waals surface area contributed by atoms with E-state index in [0.29, 0.717) is 6.07 Å². The average Bonchev–Trinajstić information content (AvgIpc) is 2.41. The third-order valence-corrected chi connectivity index (χ3v) is 4.54. The lowest BCUT2D eigenvalue weighted by Crippen LogP contribution is -2.26. The van der Waals surface area contributed by atoms with Crippen molar-refractivity contribution in [3.8, 4) is 5.75 Å². The maximum atomic E-state index is 13.1. The summed E-state index contributed by atoms with van der Waals surface area (Å²) in [6.45, 7) is 0. The highest BCUT2D eigenvalue weighted by Gasteiger charge is 2.22. The molecule has 2 aromatic carbocycles. The molecule has 0 radical (unpaired) electrons. The number of benzene rings is 2. The first-order valence-corrected chi connectivity index (χ1v) is 6.99. The van der Waals surface area contributed by atoms with E-state index in [2.05, 4.69) is 0 Å². The number of hydrogen-bond acceptors (Lipinski definition) is 3. The Morgan fingerprint density at radius 3 is 2.15 bits per heavy atom. The molecule has 0 amide bonds. The molecule has 0 aliphatic rings. The van der Waals surface area contributed by atoms with E-state index in [9.17, 15) is 17.2 Å². The second-order valence-electron chi connectivity index (χ2n) is 4.06. The SMILES string of the molecule is CN(c1ccc(O)cc1)S(=O)(=O)c1ccc(F)c(F)c1. The smallest absolute Gasteiger partial charge is 0.264 e. The van der Waals surface area contributed by atoms with Gasteiger partial charge in [-0.25, -0.2) is 17.2 Å². The van der Waals surface area contributed by atoms with Crippen molar-refractivity contribution < 1.29 is 22.3 Å². The maximum Gasteiger partial charge on any atom is 0.264 e. The van der Waals surface area contributed by atoms with E-state index < -0.39 is 21.7 Å². The van der Waals surface area contributed by atoms with Crippen LogP contribution in [-0.2, 0) is 10.0 Å². The summed E-state index contributed by atoms with van der Waals surface area (Å²) in [6.07, 6.45) is 0. The molecule has 106 valence electrons. The van der Waals surface area contributed by atoms with Gasteiger partial charge >= 0.3 is 0 Å². The predicted octanol–water partition coefficient (Wildman–Crippen LogP) is 2.50. The highest BCUT2D eigenvalue weighted by atomic mass is 32.2. The molecule has 2 rings (SSSR count). The monoisotopic (exact) mass is 299 g/mol. The highest BCUT2D eigenvalue weighted by molar-refractivity contribution is 7.92. The van der Waals surface area contributed by atoms with Crippen molar-refractivity contribution in [1.82, 2.24) is 0 Å². The summed E-state index contributed by atoms with van der Waals surface area (Å²) in [5.74, 6) is -2.35. The summed E-state index contributed by atoms with van der Waals surface area (Å²) in [6, 6.07) is 7.82. The van der Waals surface area contributed by atoms with Gasteiger partial charge in [-0.1, -0.05) is 0 Å². The Morgan fingerprint density at radius 2 is 1.60 bits per heavy atom. The minimum atomic E-state index is -4.00. The van der Waals surface area contributed by atoms with Crippen molar-refractivity contribution in [2.75, 3.05) is 11.4 Å². The van der Waals surface area contributed by atoms with E-state index in [0.717, 1.165) is 16.4 Å². The molecule has 0 aromatic heterocycles. The lowest BCUT2D eigenvalue weighted by atomic mass is 10.3. The molecule has 0 spiro atoms. The van der Waals surface area contributed by atoms with Crippen LogP contribution in [0.5, 0.6) is 5.75 Å². The normalized spacial score (nSPS) is 11.3. The third kappa shape index (κ3) is 2.57. The van der Waals surface area contributed by atoms with Gasteiger partial charge in [-0.3, -0.25) is 4.31 Å². The van der Waals surface area contributed by atoms with E-state index in [4.69, 9.17) is 5.11 Å². The van der Waals surface area contributed by atoms with Gasteiger partial charge in [-0.05, 0) is 42.5 Å².